The highest BCUT2D eigenvalue weighted by Gasteiger charge is 2.21. The number of pyridine rings is 2. The lowest BCUT2D eigenvalue weighted by Crippen LogP contribution is -2.22. The van der Waals surface area contributed by atoms with Crippen molar-refractivity contribution in [3.8, 4) is 28.1 Å². The number of aromatic nitrogens is 2. The smallest absolute Gasteiger partial charge is 0.265 e. The number of carbonyl (C=O) groups is 2. The molecule has 0 fully saturated rings. The predicted octanol–water partition coefficient (Wildman–Crippen LogP) is 6.12. The molecule has 3 aromatic carbocycles. The van der Waals surface area contributed by atoms with Crippen LogP contribution in [-0.4, -0.2) is 21.1 Å². The van der Waals surface area contributed by atoms with E-state index in [2.05, 4.69) is 4.98 Å². The number of carbonyl (C=O) groups excluding carboxylic acids is 2. The first-order valence-corrected chi connectivity index (χ1v) is 11.3. The van der Waals surface area contributed by atoms with Crippen molar-refractivity contribution in [2.24, 2.45) is 0 Å². The van der Waals surface area contributed by atoms with Gasteiger partial charge in [0.1, 0.15) is 5.82 Å². The summed E-state index contributed by atoms with van der Waals surface area (Å²) in [4.78, 5) is 42.3. The molecule has 0 amide bonds. The van der Waals surface area contributed by atoms with Gasteiger partial charge in [-0.3, -0.25) is 19.0 Å². The molecule has 0 spiro atoms. The van der Waals surface area contributed by atoms with E-state index in [1.807, 2.05) is 48.5 Å². The fourth-order valence-electron chi connectivity index (χ4n) is 4.37. The molecule has 0 bridgehead atoms. The Hall–Kier alpha value is -4.64. The van der Waals surface area contributed by atoms with E-state index in [1.54, 1.807) is 53.2 Å². The molecule has 5 rings (SSSR count). The molecule has 2 aromatic heterocycles. The Morgan fingerprint density at radius 3 is 1.74 bits per heavy atom. The van der Waals surface area contributed by atoms with E-state index in [9.17, 15) is 14.4 Å². The first kappa shape index (κ1) is 22.2. The molecule has 0 N–H and O–H groups in total. The zero-order valence-corrected chi connectivity index (χ0v) is 19.4. The van der Waals surface area contributed by atoms with E-state index in [-0.39, 0.29) is 17.1 Å². The van der Waals surface area contributed by atoms with Crippen LogP contribution in [0.4, 0.5) is 0 Å². The van der Waals surface area contributed by atoms with Crippen LogP contribution < -0.4 is 5.56 Å². The quantitative estimate of drug-likeness (QED) is 0.297. The van der Waals surface area contributed by atoms with Crippen molar-refractivity contribution >= 4 is 22.5 Å². The van der Waals surface area contributed by atoms with E-state index >= 15 is 0 Å². The van der Waals surface area contributed by atoms with Gasteiger partial charge in [0.2, 0.25) is 0 Å². The summed E-state index contributed by atoms with van der Waals surface area (Å²) < 4.78 is 1.62. The maximum atomic E-state index is 14.2. The highest BCUT2D eigenvalue weighted by molar-refractivity contribution is 6.04. The zero-order chi connectivity index (χ0) is 24.5. The van der Waals surface area contributed by atoms with Gasteiger partial charge in [-0.1, -0.05) is 72.8 Å². The van der Waals surface area contributed by atoms with Gasteiger partial charge in [0.15, 0.2) is 11.6 Å². The third-order valence-corrected chi connectivity index (χ3v) is 6.12. The average Bonchev–Trinajstić information content (AvgIpc) is 2.88. The molecule has 0 aliphatic heterocycles. The van der Waals surface area contributed by atoms with Crippen molar-refractivity contribution in [1.29, 1.82) is 0 Å². The molecule has 0 aliphatic carbocycles. The van der Waals surface area contributed by atoms with Gasteiger partial charge in [-0.15, -0.1) is 0 Å². The number of benzene rings is 3. The van der Waals surface area contributed by atoms with Gasteiger partial charge in [-0.25, -0.2) is 4.98 Å². The normalized spacial score (nSPS) is 10.9. The second-order valence-electron chi connectivity index (χ2n) is 8.36. The number of nitrogens with zero attached hydrogens (tertiary/aromatic N) is 2. The maximum Gasteiger partial charge on any atom is 0.265 e. The largest absolute Gasteiger partial charge is 0.295 e. The number of ketones is 2. The first-order valence-electron chi connectivity index (χ1n) is 11.3. The van der Waals surface area contributed by atoms with Crippen LogP contribution in [0.25, 0.3) is 39.0 Å². The fourth-order valence-corrected chi connectivity index (χ4v) is 4.37. The zero-order valence-electron chi connectivity index (χ0n) is 19.4. The summed E-state index contributed by atoms with van der Waals surface area (Å²) in [7, 11) is 0. The Balaban J connectivity index is 1.91. The highest BCUT2D eigenvalue weighted by atomic mass is 16.1. The van der Waals surface area contributed by atoms with E-state index < -0.39 is 0 Å². The fraction of sp³-hybridized carbons (Fsp3) is 0.0667. The van der Waals surface area contributed by atoms with Crippen LogP contribution in [-0.2, 0) is 0 Å². The van der Waals surface area contributed by atoms with Crippen LogP contribution in [0.15, 0.2) is 102 Å². The second-order valence-corrected chi connectivity index (χ2v) is 8.36. The molecule has 170 valence electrons. The van der Waals surface area contributed by atoms with Gasteiger partial charge in [0.25, 0.3) is 5.56 Å². The van der Waals surface area contributed by atoms with Crippen molar-refractivity contribution in [3.63, 3.8) is 0 Å². The standard InChI is InChI=1S/C30H22N2O3/c1-19(33)21-10-14-23(15-11-21)28-25-7-3-4-8-26(25)32(27-9-5-6-18-31-27)30(35)29(28)24-16-12-22(13-17-24)20(2)34/h3-18H,1-2H3. The molecule has 5 aromatic rings. The molecule has 2 heterocycles. The van der Waals surface area contributed by atoms with Crippen molar-refractivity contribution in [2.75, 3.05) is 0 Å². The molecule has 5 nitrogen and oxygen atoms in total. The SMILES string of the molecule is CC(=O)c1ccc(-c2c(-c3ccc(C(C)=O)cc3)c3ccccc3n(-c3ccccn3)c2=O)cc1. The summed E-state index contributed by atoms with van der Waals surface area (Å²) in [5, 5.41) is 0.874. The Kier molecular flexibility index (Phi) is 5.67. The van der Waals surface area contributed by atoms with Gasteiger partial charge in [-0.05, 0) is 43.2 Å². The van der Waals surface area contributed by atoms with Crippen LogP contribution in [0, 0.1) is 0 Å². The van der Waals surface area contributed by atoms with E-state index in [1.165, 1.54) is 13.8 Å². The van der Waals surface area contributed by atoms with Crippen LogP contribution >= 0.6 is 0 Å². The van der Waals surface area contributed by atoms with Crippen LogP contribution in [0.5, 0.6) is 0 Å². The molecule has 0 saturated heterocycles. The topological polar surface area (TPSA) is 69.0 Å². The summed E-state index contributed by atoms with van der Waals surface area (Å²) >= 11 is 0. The molecule has 35 heavy (non-hydrogen) atoms. The van der Waals surface area contributed by atoms with Crippen LogP contribution in [0.1, 0.15) is 34.6 Å². The molecule has 0 unspecified atom stereocenters. The predicted molar refractivity (Wildman–Crippen MR) is 138 cm³/mol. The summed E-state index contributed by atoms with van der Waals surface area (Å²) in [6.07, 6.45) is 1.66. The minimum absolute atomic E-state index is 0.0213. The van der Waals surface area contributed by atoms with E-state index in [0.29, 0.717) is 28.1 Å². The van der Waals surface area contributed by atoms with Crippen molar-refractivity contribution in [2.45, 2.75) is 13.8 Å². The summed E-state index contributed by atoms with van der Waals surface area (Å²) in [6.45, 7) is 3.04. The second kappa shape index (κ2) is 8.95. The number of rotatable bonds is 5. The molecular weight excluding hydrogens is 436 g/mol. The van der Waals surface area contributed by atoms with Crippen LogP contribution in [0.3, 0.4) is 0 Å². The third-order valence-electron chi connectivity index (χ3n) is 6.12. The van der Waals surface area contributed by atoms with Crippen molar-refractivity contribution < 1.29 is 9.59 Å². The van der Waals surface area contributed by atoms with Gasteiger partial charge in [-0.2, -0.15) is 0 Å². The Morgan fingerprint density at radius 2 is 1.20 bits per heavy atom. The average molecular weight is 459 g/mol. The monoisotopic (exact) mass is 458 g/mol. The lowest BCUT2D eigenvalue weighted by molar-refractivity contribution is 0.100. The summed E-state index contributed by atoms with van der Waals surface area (Å²) in [6, 6.07) is 27.6. The van der Waals surface area contributed by atoms with E-state index in [4.69, 9.17) is 0 Å². The third kappa shape index (κ3) is 3.97. The number of hydrogen-bond donors (Lipinski definition) is 0. The molecule has 0 atom stereocenters. The minimum Gasteiger partial charge on any atom is -0.295 e. The lowest BCUT2D eigenvalue weighted by atomic mass is 9.90. The van der Waals surface area contributed by atoms with E-state index in [0.717, 1.165) is 22.0 Å². The Labute approximate surface area is 202 Å². The number of hydrogen-bond acceptors (Lipinski definition) is 4. The highest BCUT2D eigenvalue weighted by Crippen LogP contribution is 2.36. The van der Waals surface area contributed by atoms with Crippen LogP contribution in [0.2, 0.25) is 0 Å². The molecule has 0 aliphatic rings. The first-order chi connectivity index (χ1) is 17.0. The Morgan fingerprint density at radius 1 is 0.657 bits per heavy atom. The lowest BCUT2D eigenvalue weighted by Gasteiger charge is -2.18. The molecule has 0 radical (unpaired) electrons. The van der Waals surface area contributed by atoms with Crippen molar-refractivity contribution in [3.05, 3.63) is 119 Å². The molecule has 5 heteroatoms. The van der Waals surface area contributed by atoms with Crippen molar-refractivity contribution in [1.82, 2.24) is 9.55 Å². The van der Waals surface area contributed by atoms with Gasteiger partial charge in [0, 0.05) is 28.3 Å². The van der Waals surface area contributed by atoms with Gasteiger partial charge in [0.05, 0.1) is 11.1 Å². The maximum absolute atomic E-state index is 14.2. The number of para-hydroxylation sites is 1. The minimum atomic E-state index is -0.219. The van der Waals surface area contributed by atoms with Gasteiger partial charge >= 0.3 is 0 Å². The molecular formula is C30H22N2O3. The number of fused-ring (bicyclic) bond motifs is 1. The Bertz CT molecular complexity index is 1630. The summed E-state index contributed by atoms with van der Waals surface area (Å²) in [5.41, 5.74) is 4.47. The van der Waals surface area contributed by atoms with Gasteiger partial charge < -0.3 is 0 Å². The molecule has 0 saturated carbocycles. The summed E-state index contributed by atoms with van der Waals surface area (Å²) in [5.74, 6) is 0.460. The number of Topliss-reactive ketones (excluding diaryl/α,β-unsaturated/α-hetero) is 2.